The molecule has 0 saturated heterocycles. The van der Waals surface area contributed by atoms with Gasteiger partial charge in [-0.2, -0.15) is 0 Å². The lowest BCUT2D eigenvalue weighted by Gasteiger charge is -2.35. The van der Waals surface area contributed by atoms with E-state index in [0.717, 1.165) is 6.42 Å². The van der Waals surface area contributed by atoms with Gasteiger partial charge in [-0.1, -0.05) is 74.4 Å². The van der Waals surface area contributed by atoms with Crippen molar-refractivity contribution in [2.75, 3.05) is 0 Å². The van der Waals surface area contributed by atoms with Gasteiger partial charge >= 0.3 is 0 Å². The van der Waals surface area contributed by atoms with Gasteiger partial charge in [0.05, 0.1) is 5.54 Å². The highest BCUT2D eigenvalue weighted by atomic mass is 14.8. The maximum atomic E-state index is 6.91. The average molecular weight is 281 g/mol. The topological polar surface area (TPSA) is 26.0 Å². The molecule has 0 saturated carbocycles. The van der Waals surface area contributed by atoms with E-state index in [1.807, 2.05) is 0 Å². The zero-order valence-electron chi connectivity index (χ0n) is 13.9. The quantitative estimate of drug-likeness (QED) is 0.862. The summed E-state index contributed by atoms with van der Waals surface area (Å²) in [5, 5.41) is 0. The lowest BCUT2D eigenvalue weighted by molar-refractivity contribution is 0.383. The predicted molar refractivity (Wildman–Crippen MR) is 91.5 cm³/mol. The molecule has 0 spiro atoms. The summed E-state index contributed by atoms with van der Waals surface area (Å²) < 4.78 is 0. The largest absolute Gasteiger partial charge is 0.318 e. The van der Waals surface area contributed by atoms with E-state index >= 15 is 0 Å². The Morgan fingerprint density at radius 3 is 1.86 bits per heavy atom. The summed E-state index contributed by atoms with van der Waals surface area (Å²) in [4.78, 5) is 0. The second-order valence-electron chi connectivity index (χ2n) is 6.45. The first-order valence-corrected chi connectivity index (χ1v) is 7.85. The fourth-order valence-corrected chi connectivity index (χ4v) is 3.06. The molecule has 0 aliphatic carbocycles. The van der Waals surface area contributed by atoms with Gasteiger partial charge in [0.1, 0.15) is 0 Å². The Balaban J connectivity index is 2.58. The van der Waals surface area contributed by atoms with Crippen LogP contribution in [-0.4, -0.2) is 0 Å². The molecule has 2 N–H and O–H groups in total. The average Bonchev–Trinajstić information content (AvgIpc) is 2.45. The maximum Gasteiger partial charge on any atom is 0.0689 e. The Labute approximate surface area is 129 Å². The van der Waals surface area contributed by atoms with Gasteiger partial charge in [0, 0.05) is 0 Å². The maximum absolute atomic E-state index is 6.91. The number of rotatable bonds is 4. The summed E-state index contributed by atoms with van der Waals surface area (Å²) in [5.74, 6) is 0.325. The predicted octanol–water partition coefficient (Wildman–Crippen LogP) is 4.72. The molecule has 0 aliphatic heterocycles. The monoisotopic (exact) mass is 281 g/mol. The van der Waals surface area contributed by atoms with Gasteiger partial charge < -0.3 is 5.73 Å². The Kier molecular flexibility index (Phi) is 4.53. The van der Waals surface area contributed by atoms with Gasteiger partial charge in [-0.25, -0.2) is 0 Å². The van der Waals surface area contributed by atoms with E-state index in [9.17, 15) is 0 Å². The Bertz CT molecular complexity index is 590. The lowest BCUT2D eigenvalue weighted by Crippen LogP contribution is -2.43. The number of benzene rings is 2. The Morgan fingerprint density at radius 1 is 0.905 bits per heavy atom. The molecule has 112 valence electrons. The van der Waals surface area contributed by atoms with Gasteiger partial charge in [0.15, 0.2) is 0 Å². The van der Waals surface area contributed by atoms with Crippen molar-refractivity contribution in [1.29, 1.82) is 0 Å². The van der Waals surface area contributed by atoms with Crippen LogP contribution in [0.4, 0.5) is 0 Å². The molecule has 0 aliphatic rings. The minimum absolute atomic E-state index is 0.325. The molecule has 1 nitrogen and oxygen atoms in total. The molecular weight excluding hydrogens is 254 g/mol. The van der Waals surface area contributed by atoms with Gasteiger partial charge in [-0.05, 0) is 42.9 Å². The van der Waals surface area contributed by atoms with Crippen LogP contribution in [0, 0.1) is 19.8 Å². The van der Waals surface area contributed by atoms with E-state index < -0.39 is 5.54 Å². The summed E-state index contributed by atoms with van der Waals surface area (Å²) in [6.07, 6.45) is 1.06. The fraction of sp³-hybridized carbons (Fsp3) is 0.400. The number of nitrogens with two attached hydrogens (primary N) is 1. The molecule has 0 aromatic heterocycles. The second kappa shape index (κ2) is 6.03. The first-order chi connectivity index (χ1) is 9.87. The zero-order chi connectivity index (χ0) is 15.6. The van der Waals surface area contributed by atoms with E-state index in [1.54, 1.807) is 0 Å². The molecule has 0 fully saturated rings. The molecule has 1 atom stereocenters. The van der Waals surface area contributed by atoms with Crippen molar-refractivity contribution < 1.29 is 0 Å². The zero-order valence-corrected chi connectivity index (χ0v) is 13.9. The van der Waals surface area contributed by atoms with Crippen molar-refractivity contribution >= 4 is 0 Å². The molecule has 2 rings (SSSR count). The molecule has 2 aromatic rings. The van der Waals surface area contributed by atoms with Crippen molar-refractivity contribution in [2.45, 2.75) is 46.6 Å². The van der Waals surface area contributed by atoms with Crippen molar-refractivity contribution in [1.82, 2.24) is 0 Å². The third kappa shape index (κ3) is 3.03. The van der Waals surface area contributed by atoms with Crippen LogP contribution in [0.15, 0.2) is 42.5 Å². The highest BCUT2D eigenvalue weighted by molar-refractivity contribution is 5.43. The van der Waals surface area contributed by atoms with Gasteiger partial charge in [-0.3, -0.25) is 0 Å². The normalized spacial score (nSPS) is 14.2. The van der Waals surface area contributed by atoms with Crippen molar-refractivity contribution in [3.63, 3.8) is 0 Å². The van der Waals surface area contributed by atoms with E-state index in [1.165, 1.54) is 27.8 Å². The molecule has 1 heteroatoms. The lowest BCUT2D eigenvalue weighted by atomic mass is 9.74. The summed E-state index contributed by atoms with van der Waals surface area (Å²) in [7, 11) is 0. The van der Waals surface area contributed by atoms with Crippen LogP contribution < -0.4 is 5.73 Å². The van der Waals surface area contributed by atoms with E-state index in [-0.39, 0.29) is 0 Å². The van der Waals surface area contributed by atoms with E-state index in [0.29, 0.717) is 5.92 Å². The number of hydrogen-bond acceptors (Lipinski definition) is 1. The van der Waals surface area contributed by atoms with Gasteiger partial charge in [0.25, 0.3) is 0 Å². The van der Waals surface area contributed by atoms with E-state index in [4.69, 9.17) is 5.73 Å². The highest BCUT2D eigenvalue weighted by Gasteiger charge is 2.33. The summed E-state index contributed by atoms with van der Waals surface area (Å²) in [6.45, 7) is 10.8. The summed E-state index contributed by atoms with van der Waals surface area (Å²) in [6, 6.07) is 15.4. The fourth-order valence-electron chi connectivity index (χ4n) is 3.06. The summed E-state index contributed by atoms with van der Waals surface area (Å²) >= 11 is 0. The molecule has 0 heterocycles. The molecule has 1 unspecified atom stereocenters. The van der Waals surface area contributed by atoms with Gasteiger partial charge in [0.2, 0.25) is 0 Å². The van der Waals surface area contributed by atoms with Crippen molar-refractivity contribution in [3.05, 3.63) is 70.3 Å². The third-order valence-electron chi connectivity index (χ3n) is 4.45. The third-order valence-corrected chi connectivity index (χ3v) is 4.45. The van der Waals surface area contributed by atoms with Crippen LogP contribution in [0.3, 0.4) is 0 Å². The van der Waals surface area contributed by atoms with Crippen molar-refractivity contribution in [3.8, 4) is 0 Å². The van der Waals surface area contributed by atoms with Crippen LogP contribution >= 0.6 is 0 Å². The van der Waals surface area contributed by atoms with Crippen molar-refractivity contribution in [2.24, 2.45) is 11.7 Å². The summed E-state index contributed by atoms with van der Waals surface area (Å²) in [5.41, 5.74) is 12.8. The highest BCUT2D eigenvalue weighted by Crippen LogP contribution is 2.35. The smallest absolute Gasteiger partial charge is 0.0689 e. The Morgan fingerprint density at radius 2 is 1.43 bits per heavy atom. The molecular formula is C20H27N. The van der Waals surface area contributed by atoms with Gasteiger partial charge in [-0.15, -0.1) is 0 Å². The molecule has 0 amide bonds. The minimum Gasteiger partial charge on any atom is -0.318 e. The molecule has 2 aromatic carbocycles. The van der Waals surface area contributed by atoms with Crippen LogP contribution in [0.1, 0.15) is 48.6 Å². The van der Waals surface area contributed by atoms with Crippen LogP contribution in [0.25, 0.3) is 0 Å². The minimum atomic E-state index is -0.441. The molecule has 21 heavy (non-hydrogen) atoms. The first kappa shape index (κ1) is 15.8. The second-order valence-corrected chi connectivity index (χ2v) is 6.45. The Hall–Kier alpha value is -1.60. The molecule has 0 radical (unpaired) electrons. The van der Waals surface area contributed by atoms with Crippen LogP contribution in [-0.2, 0) is 12.0 Å². The van der Waals surface area contributed by atoms with Crippen LogP contribution in [0.2, 0.25) is 0 Å². The molecule has 0 bridgehead atoms. The van der Waals surface area contributed by atoms with E-state index in [2.05, 4.69) is 77.1 Å². The first-order valence-electron chi connectivity index (χ1n) is 7.85. The van der Waals surface area contributed by atoms with Crippen LogP contribution in [0.5, 0.6) is 0 Å². The SMILES string of the molecule is CCc1ccc(C(N)(c2cc(C)cc(C)c2)C(C)C)cc1. The number of aryl methyl sites for hydroxylation is 3. The number of hydrogen-bond donors (Lipinski definition) is 1. The standard InChI is InChI=1S/C20H27N/c1-6-17-7-9-18(10-8-17)20(21,14(2)3)19-12-15(4)11-16(5)13-19/h7-14H,6,21H2,1-5H3.